The molecule has 1 heterocycles. The van der Waals surface area contributed by atoms with Gasteiger partial charge < -0.3 is 10.3 Å². The molecule has 0 saturated carbocycles. The van der Waals surface area contributed by atoms with Crippen molar-refractivity contribution in [2.45, 2.75) is 11.4 Å². The summed E-state index contributed by atoms with van der Waals surface area (Å²) in [5.41, 5.74) is 8.66. The molecule has 4 aromatic rings. The van der Waals surface area contributed by atoms with Crippen LogP contribution in [0, 0.1) is 0 Å². The SMILES string of the molecule is Nc1ccc2c(c1)c1ccccc1n2CCS(=O)(=O)c1ccccc1. The van der Waals surface area contributed by atoms with E-state index in [9.17, 15) is 8.42 Å². The molecule has 0 aliphatic carbocycles. The van der Waals surface area contributed by atoms with Crippen molar-refractivity contribution in [3.63, 3.8) is 0 Å². The van der Waals surface area contributed by atoms with Crippen molar-refractivity contribution in [1.29, 1.82) is 0 Å². The Balaban J connectivity index is 1.79. The lowest BCUT2D eigenvalue weighted by Gasteiger charge is -2.09. The number of hydrogen-bond acceptors (Lipinski definition) is 3. The first-order chi connectivity index (χ1) is 12.1. The summed E-state index contributed by atoms with van der Waals surface area (Å²) in [5.74, 6) is 0.0508. The molecule has 0 saturated heterocycles. The molecule has 0 radical (unpaired) electrons. The maximum absolute atomic E-state index is 12.6. The van der Waals surface area contributed by atoms with E-state index in [1.165, 1.54) is 0 Å². The summed E-state index contributed by atoms with van der Waals surface area (Å²) < 4.78 is 27.3. The van der Waals surface area contributed by atoms with E-state index in [-0.39, 0.29) is 5.75 Å². The topological polar surface area (TPSA) is 65.1 Å². The fraction of sp³-hybridized carbons (Fsp3) is 0.100. The molecule has 1 aromatic heterocycles. The number of anilines is 1. The fourth-order valence-corrected chi connectivity index (χ4v) is 4.50. The summed E-state index contributed by atoms with van der Waals surface area (Å²) in [6.07, 6.45) is 0. The van der Waals surface area contributed by atoms with Gasteiger partial charge in [0.25, 0.3) is 0 Å². The van der Waals surface area contributed by atoms with Crippen LogP contribution in [0.25, 0.3) is 21.8 Å². The van der Waals surface area contributed by atoms with Crippen molar-refractivity contribution in [1.82, 2.24) is 4.57 Å². The Morgan fingerprint density at radius 1 is 0.800 bits per heavy atom. The van der Waals surface area contributed by atoms with Crippen LogP contribution in [0.4, 0.5) is 5.69 Å². The second kappa shape index (κ2) is 5.93. The third kappa shape index (κ3) is 2.76. The largest absolute Gasteiger partial charge is 0.399 e. The summed E-state index contributed by atoms with van der Waals surface area (Å²) in [5, 5.41) is 2.13. The highest BCUT2D eigenvalue weighted by Gasteiger charge is 2.16. The summed E-state index contributed by atoms with van der Waals surface area (Å²) in [4.78, 5) is 0.361. The van der Waals surface area contributed by atoms with E-state index < -0.39 is 9.84 Å². The van der Waals surface area contributed by atoms with Crippen molar-refractivity contribution in [3.8, 4) is 0 Å². The highest BCUT2D eigenvalue weighted by molar-refractivity contribution is 7.91. The van der Waals surface area contributed by atoms with Crippen LogP contribution in [0.3, 0.4) is 0 Å². The quantitative estimate of drug-likeness (QED) is 0.569. The second-order valence-electron chi connectivity index (χ2n) is 6.08. The van der Waals surface area contributed by atoms with Gasteiger partial charge in [0.15, 0.2) is 9.84 Å². The number of nitrogens with two attached hydrogens (primary N) is 1. The van der Waals surface area contributed by atoms with Gasteiger partial charge in [-0.25, -0.2) is 8.42 Å². The van der Waals surface area contributed by atoms with E-state index in [1.807, 2.05) is 48.5 Å². The highest BCUT2D eigenvalue weighted by Crippen LogP contribution is 2.30. The number of aryl methyl sites for hydroxylation is 1. The molecular formula is C20H18N2O2S. The molecule has 3 aromatic carbocycles. The molecular weight excluding hydrogens is 332 g/mol. The lowest BCUT2D eigenvalue weighted by atomic mass is 10.1. The minimum atomic E-state index is -3.33. The number of nitrogens with zero attached hydrogens (tertiary/aromatic N) is 1. The van der Waals surface area contributed by atoms with Crippen molar-refractivity contribution < 1.29 is 8.42 Å². The molecule has 5 heteroatoms. The Bertz CT molecular complexity index is 1160. The van der Waals surface area contributed by atoms with Gasteiger partial charge in [0.1, 0.15) is 0 Å². The number of para-hydroxylation sites is 1. The van der Waals surface area contributed by atoms with Gasteiger partial charge in [-0.3, -0.25) is 0 Å². The zero-order valence-corrected chi connectivity index (χ0v) is 14.4. The first-order valence-electron chi connectivity index (χ1n) is 8.10. The lowest BCUT2D eigenvalue weighted by Crippen LogP contribution is -2.13. The van der Waals surface area contributed by atoms with E-state index in [1.54, 1.807) is 24.3 Å². The zero-order valence-electron chi connectivity index (χ0n) is 13.6. The predicted molar refractivity (Wildman–Crippen MR) is 102 cm³/mol. The summed E-state index contributed by atoms with van der Waals surface area (Å²) in [6, 6.07) is 22.3. The summed E-state index contributed by atoms with van der Waals surface area (Å²) >= 11 is 0. The van der Waals surface area contributed by atoms with E-state index >= 15 is 0 Å². The Morgan fingerprint density at radius 3 is 2.28 bits per heavy atom. The Labute approximate surface area is 146 Å². The van der Waals surface area contributed by atoms with E-state index in [2.05, 4.69) is 4.57 Å². The lowest BCUT2D eigenvalue weighted by molar-refractivity contribution is 0.591. The van der Waals surface area contributed by atoms with Gasteiger partial charge in [-0.15, -0.1) is 0 Å². The van der Waals surface area contributed by atoms with Crippen LogP contribution < -0.4 is 5.73 Å². The summed E-state index contributed by atoms with van der Waals surface area (Å²) in [7, 11) is -3.33. The molecule has 126 valence electrons. The van der Waals surface area contributed by atoms with Crippen molar-refractivity contribution in [3.05, 3.63) is 72.8 Å². The molecule has 0 spiro atoms. The maximum Gasteiger partial charge on any atom is 0.180 e. The van der Waals surface area contributed by atoms with E-state index in [4.69, 9.17) is 5.73 Å². The minimum absolute atomic E-state index is 0.0508. The van der Waals surface area contributed by atoms with Crippen LogP contribution in [-0.2, 0) is 16.4 Å². The molecule has 0 amide bonds. The predicted octanol–water partition coefficient (Wildman–Crippen LogP) is 3.85. The molecule has 2 N–H and O–H groups in total. The number of fused-ring (bicyclic) bond motifs is 3. The van der Waals surface area contributed by atoms with Gasteiger partial charge >= 0.3 is 0 Å². The first kappa shape index (κ1) is 15.7. The minimum Gasteiger partial charge on any atom is -0.399 e. The normalized spacial score (nSPS) is 12.0. The smallest absolute Gasteiger partial charge is 0.180 e. The number of sulfone groups is 1. The van der Waals surface area contributed by atoms with Crippen molar-refractivity contribution >= 4 is 37.3 Å². The monoisotopic (exact) mass is 350 g/mol. The van der Waals surface area contributed by atoms with Crippen LogP contribution in [0.1, 0.15) is 0 Å². The second-order valence-corrected chi connectivity index (χ2v) is 8.19. The van der Waals surface area contributed by atoms with Gasteiger partial charge in [-0.05, 0) is 36.4 Å². The summed E-state index contributed by atoms with van der Waals surface area (Å²) in [6.45, 7) is 0.394. The zero-order chi connectivity index (χ0) is 17.4. The van der Waals surface area contributed by atoms with Crippen LogP contribution in [0.5, 0.6) is 0 Å². The standard InChI is InChI=1S/C20H18N2O2S/c21-15-10-11-20-18(14-15)17-8-4-5-9-19(17)22(20)12-13-25(23,24)16-6-2-1-3-7-16/h1-11,14H,12-13,21H2. The van der Waals surface area contributed by atoms with Crippen molar-refractivity contribution in [2.24, 2.45) is 0 Å². The Kier molecular flexibility index (Phi) is 3.73. The molecule has 0 atom stereocenters. The number of aromatic nitrogens is 1. The van der Waals surface area contributed by atoms with Crippen molar-refractivity contribution in [2.75, 3.05) is 11.5 Å². The van der Waals surface area contributed by atoms with Gasteiger partial charge in [-0.2, -0.15) is 0 Å². The van der Waals surface area contributed by atoms with E-state index in [0.717, 1.165) is 21.8 Å². The van der Waals surface area contributed by atoms with Gasteiger partial charge in [0.05, 0.1) is 10.6 Å². The molecule has 0 aliphatic heterocycles. The van der Waals surface area contributed by atoms with Gasteiger partial charge in [-0.1, -0.05) is 36.4 Å². The first-order valence-corrected chi connectivity index (χ1v) is 9.76. The molecule has 4 rings (SSSR count). The maximum atomic E-state index is 12.6. The average molecular weight is 350 g/mol. The Morgan fingerprint density at radius 2 is 1.48 bits per heavy atom. The van der Waals surface area contributed by atoms with Gasteiger partial charge in [0, 0.05) is 34.0 Å². The van der Waals surface area contributed by atoms with Crippen LogP contribution in [0.15, 0.2) is 77.7 Å². The molecule has 0 unspecified atom stereocenters. The number of benzene rings is 3. The number of nitrogen functional groups attached to an aromatic ring is 1. The number of hydrogen-bond donors (Lipinski definition) is 1. The third-order valence-electron chi connectivity index (χ3n) is 4.48. The molecule has 4 nitrogen and oxygen atoms in total. The molecule has 0 aliphatic rings. The molecule has 0 bridgehead atoms. The highest BCUT2D eigenvalue weighted by atomic mass is 32.2. The van der Waals surface area contributed by atoms with Crippen LogP contribution in [0.2, 0.25) is 0 Å². The molecule has 25 heavy (non-hydrogen) atoms. The van der Waals surface area contributed by atoms with Gasteiger partial charge in [0.2, 0.25) is 0 Å². The average Bonchev–Trinajstić information content (AvgIpc) is 2.94. The fourth-order valence-electron chi connectivity index (χ4n) is 3.27. The van der Waals surface area contributed by atoms with Crippen LogP contribution >= 0.6 is 0 Å². The van der Waals surface area contributed by atoms with E-state index in [0.29, 0.717) is 17.1 Å². The Hall–Kier alpha value is -2.79. The van der Waals surface area contributed by atoms with Crippen LogP contribution in [-0.4, -0.2) is 18.7 Å². The molecule has 0 fully saturated rings. The number of rotatable bonds is 4. The third-order valence-corrected chi connectivity index (χ3v) is 6.19.